The van der Waals surface area contributed by atoms with E-state index >= 15 is 0 Å². The highest BCUT2D eigenvalue weighted by atomic mass is 35.5. The average Bonchev–Trinajstić information content (AvgIpc) is 2.27. The van der Waals surface area contributed by atoms with Crippen LogP contribution in [0.2, 0.25) is 0 Å². The highest BCUT2D eigenvalue weighted by Gasteiger charge is 2.11. The zero-order chi connectivity index (χ0) is 9.97. The van der Waals surface area contributed by atoms with Crippen LogP contribution in [0.1, 0.15) is 35.6 Å². The van der Waals surface area contributed by atoms with Crippen LogP contribution >= 0.6 is 11.6 Å². The minimum Gasteiger partial charge on any atom is -0.323 e. The van der Waals surface area contributed by atoms with Crippen molar-refractivity contribution in [3.63, 3.8) is 0 Å². The Labute approximate surface area is 90.3 Å². The molecule has 0 saturated heterocycles. The summed E-state index contributed by atoms with van der Waals surface area (Å²) >= 11 is 5.74. The van der Waals surface area contributed by atoms with Crippen molar-refractivity contribution >= 4 is 11.6 Å². The van der Waals surface area contributed by atoms with Gasteiger partial charge in [-0.25, -0.2) is 0 Å². The van der Waals surface area contributed by atoms with Crippen LogP contribution < -0.4 is 5.73 Å². The Bertz CT molecular complexity index is 322. The molecule has 14 heavy (non-hydrogen) atoms. The Morgan fingerprint density at radius 1 is 1.21 bits per heavy atom. The van der Waals surface area contributed by atoms with Crippen molar-refractivity contribution in [3.8, 4) is 0 Å². The van der Waals surface area contributed by atoms with Gasteiger partial charge in [-0.2, -0.15) is 0 Å². The molecule has 1 unspecified atom stereocenters. The molecular weight excluding hydrogens is 194 g/mol. The molecule has 0 aromatic heterocycles. The fourth-order valence-electron chi connectivity index (χ4n) is 2.07. The standard InChI is InChI=1S/C12H16ClN/c13-8-12(14)11-6-5-9-3-1-2-4-10(9)7-11/h5-7,12H,1-4,8,14H2. The Morgan fingerprint density at radius 2 is 1.93 bits per heavy atom. The molecule has 1 aromatic rings. The van der Waals surface area contributed by atoms with Crippen molar-refractivity contribution < 1.29 is 0 Å². The predicted molar refractivity (Wildman–Crippen MR) is 60.7 cm³/mol. The largest absolute Gasteiger partial charge is 0.323 e. The molecule has 2 rings (SSSR count). The van der Waals surface area contributed by atoms with E-state index in [0.29, 0.717) is 5.88 Å². The highest BCUT2D eigenvalue weighted by molar-refractivity contribution is 6.18. The van der Waals surface area contributed by atoms with E-state index in [-0.39, 0.29) is 6.04 Å². The van der Waals surface area contributed by atoms with Gasteiger partial charge in [0.2, 0.25) is 0 Å². The SMILES string of the molecule is NC(CCl)c1ccc2c(c1)CCCC2. The van der Waals surface area contributed by atoms with Crippen LogP contribution in [0.15, 0.2) is 18.2 Å². The van der Waals surface area contributed by atoms with Crippen molar-refractivity contribution in [1.82, 2.24) is 0 Å². The maximum atomic E-state index is 5.90. The van der Waals surface area contributed by atoms with E-state index in [1.807, 2.05) is 0 Å². The van der Waals surface area contributed by atoms with Gasteiger partial charge in [0.15, 0.2) is 0 Å². The number of fused-ring (bicyclic) bond motifs is 1. The van der Waals surface area contributed by atoms with Gasteiger partial charge in [0.05, 0.1) is 0 Å². The van der Waals surface area contributed by atoms with Crippen LogP contribution in [0.4, 0.5) is 0 Å². The minimum absolute atomic E-state index is 0.0103. The molecule has 0 heterocycles. The number of hydrogen-bond acceptors (Lipinski definition) is 1. The molecule has 0 radical (unpaired) electrons. The lowest BCUT2D eigenvalue weighted by Gasteiger charge is -2.18. The van der Waals surface area contributed by atoms with Gasteiger partial charge < -0.3 is 5.73 Å². The van der Waals surface area contributed by atoms with Gasteiger partial charge in [-0.05, 0) is 42.4 Å². The molecule has 0 saturated carbocycles. The number of rotatable bonds is 2. The van der Waals surface area contributed by atoms with Crippen LogP contribution in [-0.2, 0) is 12.8 Å². The van der Waals surface area contributed by atoms with Crippen molar-refractivity contribution in [2.45, 2.75) is 31.7 Å². The second-order valence-electron chi connectivity index (χ2n) is 4.00. The summed E-state index contributed by atoms with van der Waals surface area (Å²) in [5.74, 6) is 0.499. The molecule has 1 aromatic carbocycles. The van der Waals surface area contributed by atoms with E-state index in [2.05, 4.69) is 18.2 Å². The first kappa shape index (κ1) is 10.0. The number of halogens is 1. The van der Waals surface area contributed by atoms with Crippen LogP contribution in [-0.4, -0.2) is 5.88 Å². The quantitative estimate of drug-likeness (QED) is 0.745. The van der Waals surface area contributed by atoms with Crippen LogP contribution in [0, 0.1) is 0 Å². The van der Waals surface area contributed by atoms with E-state index in [1.54, 1.807) is 0 Å². The van der Waals surface area contributed by atoms with Crippen LogP contribution in [0.5, 0.6) is 0 Å². The average molecular weight is 210 g/mol. The summed E-state index contributed by atoms with van der Waals surface area (Å²) < 4.78 is 0. The van der Waals surface area contributed by atoms with E-state index in [1.165, 1.54) is 42.4 Å². The van der Waals surface area contributed by atoms with Gasteiger partial charge in [0.25, 0.3) is 0 Å². The summed E-state index contributed by atoms with van der Waals surface area (Å²) in [5.41, 5.74) is 10.1. The van der Waals surface area contributed by atoms with E-state index < -0.39 is 0 Å². The monoisotopic (exact) mass is 209 g/mol. The predicted octanol–water partition coefficient (Wildman–Crippen LogP) is 2.80. The second-order valence-corrected chi connectivity index (χ2v) is 4.30. The lowest BCUT2D eigenvalue weighted by atomic mass is 9.89. The molecule has 1 nitrogen and oxygen atoms in total. The number of benzene rings is 1. The van der Waals surface area contributed by atoms with Gasteiger partial charge in [-0.1, -0.05) is 18.2 Å². The second kappa shape index (κ2) is 4.33. The van der Waals surface area contributed by atoms with E-state index in [9.17, 15) is 0 Å². The topological polar surface area (TPSA) is 26.0 Å². The van der Waals surface area contributed by atoms with Gasteiger partial charge in [-0.3, -0.25) is 0 Å². The molecule has 0 aliphatic heterocycles. The van der Waals surface area contributed by atoms with Gasteiger partial charge in [0.1, 0.15) is 0 Å². The smallest absolute Gasteiger partial charge is 0.0432 e. The summed E-state index contributed by atoms with van der Waals surface area (Å²) in [6, 6.07) is 6.57. The number of aryl methyl sites for hydroxylation is 2. The van der Waals surface area contributed by atoms with Gasteiger partial charge in [0, 0.05) is 11.9 Å². The molecule has 2 heteroatoms. The maximum absolute atomic E-state index is 5.90. The van der Waals surface area contributed by atoms with Crippen molar-refractivity contribution in [3.05, 3.63) is 34.9 Å². The van der Waals surface area contributed by atoms with E-state index in [0.717, 1.165) is 0 Å². The number of alkyl halides is 1. The molecule has 1 aliphatic carbocycles. The summed E-state index contributed by atoms with van der Waals surface area (Å²) in [5, 5.41) is 0. The number of hydrogen-bond donors (Lipinski definition) is 1. The Balaban J connectivity index is 2.29. The fourth-order valence-corrected chi connectivity index (χ4v) is 2.25. The maximum Gasteiger partial charge on any atom is 0.0432 e. The fraction of sp³-hybridized carbons (Fsp3) is 0.500. The molecular formula is C12H16ClN. The third-order valence-electron chi connectivity index (χ3n) is 2.97. The lowest BCUT2D eigenvalue weighted by molar-refractivity contribution is 0.682. The Morgan fingerprint density at radius 3 is 2.64 bits per heavy atom. The molecule has 0 spiro atoms. The first-order valence-corrected chi connectivity index (χ1v) is 5.78. The Kier molecular flexibility index (Phi) is 3.09. The third kappa shape index (κ3) is 1.94. The molecule has 1 atom stereocenters. The van der Waals surface area contributed by atoms with Crippen LogP contribution in [0.25, 0.3) is 0 Å². The van der Waals surface area contributed by atoms with E-state index in [4.69, 9.17) is 17.3 Å². The zero-order valence-electron chi connectivity index (χ0n) is 8.30. The lowest BCUT2D eigenvalue weighted by Crippen LogP contribution is -2.13. The first-order chi connectivity index (χ1) is 6.81. The molecule has 1 aliphatic rings. The van der Waals surface area contributed by atoms with Gasteiger partial charge in [-0.15, -0.1) is 11.6 Å². The van der Waals surface area contributed by atoms with Crippen molar-refractivity contribution in [1.29, 1.82) is 0 Å². The summed E-state index contributed by atoms with van der Waals surface area (Å²) in [7, 11) is 0. The first-order valence-electron chi connectivity index (χ1n) is 5.24. The molecule has 0 bridgehead atoms. The number of nitrogens with two attached hydrogens (primary N) is 1. The normalized spacial score (nSPS) is 17.6. The van der Waals surface area contributed by atoms with Crippen molar-refractivity contribution in [2.24, 2.45) is 5.73 Å². The highest BCUT2D eigenvalue weighted by Crippen LogP contribution is 2.24. The summed E-state index contributed by atoms with van der Waals surface area (Å²) in [4.78, 5) is 0. The van der Waals surface area contributed by atoms with Crippen LogP contribution in [0.3, 0.4) is 0 Å². The van der Waals surface area contributed by atoms with Gasteiger partial charge >= 0.3 is 0 Å². The third-order valence-corrected chi connectivity index (χ3v) is 3.30. The molecule has 2 N–H and O–H groups in total. The molecule has 0 amide bonds. The summed E-state index contributed by atoms with van der Waals surface area (Å²) in [6.07, 6.45) is 5.07. The summed E-state index contributed by atoms with van der Waals surface area (Å²) in [6.45, 7) is 0. The molecule has 0 fully saturated rings. The molecule has 76 valence electrons. The van der Waals surface area contributed by atoms with Crippen molar-refractivity contribution in [2.75, 3.05) is 5.88 Å². The minimum atomic E-state index is -0.0103. The zero-order valence-corrected chi connectivity index (χ0v) is 9.06. The Hall–Kier alpha value is -0.530.